The van der Waals surface area contributed by atoms with E-state index in [2.05, 4.69) is 15.6 Å². The van der Waals surface area contributed by atoms with Crippen LogP contribution in [0.1, 0.15) is 66.7 Å². The summed E-state index contributed by atoms with van der Waals surface area (Å²) >= 11 is 6.42. The van der Waals surface area contributed by atoms with E-state index < -0.39 is 77.6 Å². The Morgan fingerprint density at radius 1 is 1.14 bits per heavy atom. The van der Waals surface area contributed by atoms with Gasteiger partial charge in [0.2, 0.25) is 17.7 Å². The number of alkyl halides is 3. The topological polar surface area (TPSA) is 145 Å². The van der Waals surface area contributed by atoms with Crippen molar-refractivity contribution in [1.82, 2.24) is 20.5 Å². The minimum Gasteiger partial charge on any atom is -0.488 e. The largest absolute Gasteiger partial charge is 0.488 e. The third-order valence-electron chi connectivity index (χ3n) is 9.47. The van der Waals surface area contributed by atoms with Gasteiger partial charge in [0.1, 0.15) is 35.1 Å². The van der Waals surface area contributed by atoms with Crippen LogP contribution in [0.4, 0.5) is 18.0 Å². The van der Waals surface area contributed by atoms with Crippen LogP contribution in [0.25, 0.3) is 10.9 Å². The van der Waals surface area contributed by atoms with Crippen molar-refractivity contribution in [3.05, 3.63) is 29.3 Å². The van der Waals surface area contributed by atoms with E-state index in [4.69, 9.17) is 30.5 Å². The molecule has 0 spiro atoms. The maximum absolute atomic E-state index is 14.6. The molecule has 274 valence electrons. The molecule has 1 saturated heterocycles. The minimum atomic E-state index is -4.86. The van der Waals surface area contributed by atoms with Crippen molar-refractivity contribution < 1.29 is 51.3 Å². The van der Waals surface area contributed by atoms with Crippen LogP contribution in [0.15, 0.2) is 24.3 Å². The van der Waals surface area contributed by atoms with Crippen LogP contribution in [-0.4, -0.2) is 89.5 Å². The van der Waals surface area contributed by atoms with Crippen LogP contribution in [0.5, 0.6) is 11.6 Å². The maximum Gasteiger partial charge on any atom is 0.408 e. The minimum absolute atomic E-state index is 0.155. The Balaban J connectivity index is 1.52. The molecule has 3 amide bonds. The zero-order valence-corrected chi connectivity index (χ0v) is 29.5. The molecule has 1 aromatic heterocycles. The highest BCUT2D eigenvalue weighted by Gasteiger charge is 2.71. The van der Waals surface area contributed by atoms with E-state index in [1.54, 1.807) is 25.1 Å². The molecule has 2 saturated carbocycles. The van der Waals surface area contributed by atoms with Crippen molar-refractivity contribution in [2.75, 3.05) is 20.3 Å². The second kappa shape index (κ2) is 13.6. The van der Waals surface area contributed by atoms with Gasteiger partial charge < -0.3 is 34.5 Å². The third-order valence-corrected chi connectivity index (χ3v) is 9.78. The van der Waals surface area contributed by atoms with Gasteiger partial charge in [-0.3, -0.25) is 9.59 Å². The highest BCUT2D eigenvalue weighted by atomic mass is 35.5. The molecular formula is C34H42ClF3N4O8. The lowest BCUT2D eigenvalue weighted by molar-refractivity contribution is -0.199. The first-order chi connectivity index (χ1) is 23.4. The number of amides is 3. The monoisotopic (exact) mass is 726 g/mol. The predicted octanol–water partition coefficient (Wildman–Crippen LogP) is 5.33. The molecule has 2 aromatic rings. The van der Waals surface area contributed by atoms with Crippen LogP contribution < -0.4 is 20.1 Å². The lowest BCUT2D eigenvalue weighted by Crippen LogP contribution is -2.60. The molecule has 1 unspecified atom stereocenters. The Hall–Kier alpha value is -4.01. The van der Waals surface area contributed by atoms with Crippen molar-refractivity contribution >= 4 is 46.4 Å². The summed E-state index contributed by atoms with van der Waals surface area (Å²) in [5.74, 6) is -2.34. The van der Waals surface area contributed by atoms with Crippen LogP contribution in [-0.2, 0) is 23.9 Å². The van der Waals surface area contributed by atoms with E-state index in [9.17, 15) is 32.3 Å². The van der Waals surface area contributed by atoms with Gasteiger partial charge in [0, 0.05) is 17.9 Å². The number of carbonyl (C=O) groups is 4. The summed E-state index contributed by atoms with van der Waals surface area (Å²) < 4.78 is 65.9. The van der Waals surface area contributed by atoms with E-state index in [0.717, 1.165) is 4.90 Å². The highest BCUT2D eigenvalue weighted by Crippen LogP contribution is 2.60. The highest BCUT2D eigenvalue weighted by molar-refractivity contribution is 6.35. The summed E-state index contributed by atoms with van der Waals surface area (Å²) in [6, 6.07) is 3.08. The average Bonchev–Trinajstić information content (AvgIpc) is 3.94. The summed E-state index contributed by atoms with van der Waals surface area (Å²) in [7, 11) is 1.19. The van der Waals surface area contributed by atoms with Crippen molar-refractivity contribution in [1.29, 1.82) is 0 Å². The molecule has 5 atom stereocenters. The normalized spacial score (nSPS) is 24.6. The molecule has 16 heteroatoms. The molecule has 0 bridgehead atoms. The van der Waals surface area contributed by atoms with Gasteiger partial charge in [-0.25, -0.2) is 14.6 Å². The fraction of sp³-hybridized carbons (Fsp3) is 0.618. The predicted molar refractivity (Wildman–Crippen MR) is 175 cm³/mol. The number of hydrogen-bond acceptors (Lipinski definition) is 9. The summed E-state index contributed by atoms with van der Waals surface area (Å²) in [5.41, 5.74) is -4.60. The lowest BCUT2D eigenvalue weighted by Gasteiger charge is -2.34. The number of esters is 1. The second-order valence-corrected chi connectivity index (χ2v) is 14.4. The Morgan fingerprint density at radius 2 is 1.84 bits per heavy atom. The van der Waals surface area contributed by atoms with Gasteiger partial charge >= 0.3 is 18.2 Å². The van der Waals surface area contributed by atoms with Gasteiger partial charge in [-0.2, -0.15) is 13.2 Å². The quantitative estimate of drug-likeness (QED) is 0.294. The van der Waals surface area contributed by atoms with Gasteiger partial charge in [0.15, 0.2) is 0 Å². The van der Waals surface area contributed by atoms with Crippen LogP contribution in [0.3, 0.4) is 0 Å². The number of nitrogens with zero attached hydrogens (tertiary/aromatic N) is 2. The fourth-order valence-electron chi connectivity index (χ4n) is 6.69. The number of alkyl carbamates (subject to hydrolysis) is 1. The van der Waals surface area contributed by atoms with E-state index in [0.29, 0.717) is 28.8 Å². The molecule has 2 aliphatic carbocycles. The SMILES string of the molecule is CCOc1cc(O[C@@H]2C[C@@H](C(=O)N[C@]3(C(=O)OC)C[C@H]3CC)N(C(=O)C(NC(=O)OC(C)(C)C)C3(C(F)(F)F)CC3)C2)c2cccc(Cl)c2n1. The summed E-state index contributed by atoms with van der Waals surface area (Å²) in [6.07, 6.45) is -7.14. The third kappa shape index (κ3) is 7.24. The summed E-state index contributed by atoms with van der Waals surface area (Å²) in [4.78, 5) is 59.5. The zero-order chi connectivity index (χ0) is 36.8. The molecule has 3 aliphatic rings. The standard InChI is InChI=1S/C34H42ClF3N4O8/c1-7-18-16-33(18,29(45)47-6)41-27(43)22-14-19(49-23-15-24(48-8-2)39-25-20(23)10-9-11-21(25)35)17-42(22)28(44)26(32(12-13-32)34(36,37)38)40-30(46)50-31(3,4)5/h9-11,15,18-19,22,26H,7-8,12-14,16-17H2,1-6H3,(H,40,46)(H,41,43)/t18-,19-,22+,26?,33-/m1/s1. The number of rotatable bonds is 11. The Kier molecular flexibility index (Phi) is 10.1. The first-order valence-electron chi connectivity index (χ1n) is 16.6. The van der Waals surface area contributed by atoms with Crippen molar-refractivity contribution in [2.45, 2.75) is 102 Å². The number of pyridine rings is 1. The molecule has 12 nitrogen and oxygen atoms in total. The molecule has 5 rings (SSSR count). The maximum atomic E-state index is 14.6. The molecule has 2 N–H and O–H groups in total. The number of fused-ring (bicyclic) bond motifs is 1. The van der Waals surface area contributed by atoms with E-state index in [-0.39, 0.29) is 37.1 Å². The molecular weight excluding hydrogens is 685 g/mol. The lowest BCUT2D eigenvalue weighted by atomic mass is 9.93. The van der Waals surface area contributed by atoms with E-state index >= 15 is 0 Å². The Labute approximate surface area is 292 Å². The van der Waals surface area contributed by atoms with E-state index in [1.807, 2.05) is 6.92 Å². The van der Waals surface area contributed by atoms with Gasteiger partial charge in [-0.1, -0.05) is 31.0 Å². The first-order valence-corrected chi connectivity index (χ1v) is 16.9. The molecule has 0 radical (unpaired) electrons. The van der Waals surface area contributed by atoms with Crippen LogP contribution >= 0.6 is 11.6 Å². The van der Waals surface area contributed by atoms with Crippen LogP contribution in [0.2, 0.25) is 5.02 Å². The number of methoxy groups -OCH3 is 1. The smallest absolute Gasteiger partial charge is 0.408 e. The second-order valence-electron chi connectivity index (χ2n) is 14.0. The molecule has 1 aliphatic heterocycles. The summed E-state index contributed by atoms with van der Waals surface area (Å²) in [5, 5.41) is 5.74. The van der Waals surface area contributed by atoms with Crippen molar-refractivity contribution in [2.24, 2.45) is 11.3 Å². The summed E-state index contributed by atoms with van der Waals surface area (Å²) in [6.45, 7) is 8.18. The number of ether oxygens (including phenoxy) is 4. The number of hydrogen-bond donors (Lipinski definition) is 2. The fourth-order valence-corrected chi connectivity index (χ4v) is 6.91. The number of nitrogens with one attached hydrogen (secondary N) is 2. The van der Waals surface area contributed by atoms with Gasteiger partial charge in [-0.15, -0.1) is 0 Å². The van der Waals surface area contributed by atoms with E-state index in [1.165, 1.54) is 33.9 Å². The number of benzene rings is 1. The number of likely N-dealkylation sites (tertiary alicyclic amines) is 1. The van der Waals surface area contributed by atoms with Gasteiger partial charge in [-0.05, 0) is 65.0 Å². The molecule has 2 heterocycles. The number of aromatic nitrogens is 1. The average molecular weight is 727 g/mol. The Bertz CT molecular complexity index is 1660. The van der Waals surface area contributed by atoms with Gasteiger partial charge in [0.05, 0.1) is 36.2 Å². The van der Waals surface area contributed by atoms with Gasteiger partial charge in [0.25, 0.3) is 0 Å². The van der Waals surface area contributed by atoms with Crippen molar-refractivity contribution in [3.8, 4) is 11.6 Å². The van der Waals surface area contributed by atoms with Crippen LogP contribution in [0, 0.1) is 11.3 Å². The van der Waals surface area contributed by atoms with Crippen molar-refractivity contribution in [3.63, 3.8) is 0 Å². The molecule has 3 fully saturated rings. The number of carbonyl (C=O) groups excluding carboxylic acids is 4. The number of halogens is 4. The molecule has 1 aromatic carbocycles. The molecule has 50 heavy (non-hydrogen) atoms. The first kappa shape index (κ1) is 37.3. The Morgan fingerprint density at radius 3 is 2.40 bits per heavy atom. The number of para-hydroxylation sites is 1. The zero-order valence-electron chi connectivity index (χ0n) is 28.7.